The Morgan fingerprint density at radius 2 is 1.81 bits per heavy atom. The fourth-order valence-corrected chi connectivity index (χ4v) is 7.36. The maximum atomic E-state index is 12.8. The van der Waals surface area contributed by atoms with Crippen molar-refractivity contribution in [3.05, 3.63) is 59.2 Å². The van der Waals surface area contributed by atoms with E-state index in [9.17, 15) is 18.0 Å². The number of thioether (sulfide) groups is 2. The molecule has 2 aromatic carbocycles. The quantitative estimate of drug-likeness (QED) is 0.638. The molecule has 0 spiro atoms. The summed E-state index contributed by atoms with van der Waals surface area (Å²) in [5.41, 5.74) is 2.91. The average Bonchev–Trinajstić information content (AvgIpc) is 3.12. The van der Waals surface area contributed by atoms with Gasteiger partial charge in [-0.2, -0.15) is 0 Å². The minimum Gasteiger partial charge on any atom is -0.452 e. The predicted molar refractivity (Wildman–Crippen MR) is 127 cm³/mol. The fourth-order valence-electron chi connectivity index (χ4n) is 3.90. The molecule has 0 unspecified atom stereocenters. The Kier molecular flexibility index (Phi) is 6.85. The number of nitrogens with two attached hydrogens (primary N) is 1. The van der Waals surface area contributed by atoms with Crippen LogP contribution in [0, 0.1) is 0 Å². The van der Waals surface area contributed by atoms with E-state index < -0.39 is 22.6 Å². The number of carbonyl (C=O) groups excluding carboxylic acids is 2. The van der Waals surface area contributed by atoms with Crippen LogP contribution in [0.5, 0.6) is 0 Å². The van der Waals surface area contributed by atoms with Gasteiger partial charge in [-0.1, -0.05) is 12.1 Å². The molecular weight excluding hydrogens is 468 g/mol. The van der Waals surface area contributed by atoms with Crippen LogP contribution in [0.1, 0.15) is 39.4 Å². The van der Waals surface area contributed by atoms with E-state index in [2.05, 4.69) is 0 Å². The lowest BCUT2D eigenvalue weighted by molar-refractivity contribution is -0.122. The molecule has 2 N–H and O–H groups in total. The largest absolute Gasteiger partial charge is 0.452 e. The number of sulfonamides is 1. The van der Waals surface area contributed by atoms with Crippen LogP contribution < -0.4 is 10.0 Å². The van der Waals surface area contributed by atoms with Crippen LogP contribution in [-0.4, -0.2) is 44.4 Å². The van der Waals surface area contributed by atoms with Crippen molar-refractivity contribution < 1.29 is 22.7 Å². The maximum Gasteiger partial charge on any atom is 0.338 e. The maximum absolute atomic E-state index is 12.8. The summed E-state index contributed by atoms with van der Waals surface area (Å²) < 4.78 is 28.8. The normalized spacial score (nSPS) is 18.9. The number of ether oxygens (including phenoxy) is 1. The number of esters is 1. The van der Waals surface area contributed by atoms with Gasteiger partial charge in [0.25, 0.3) is 5.91 Å². The van der Waals surface area contributed by atoms with Gasteiger partial charge >= 0.3 is 5.97 Å². The van der Waals surface area contributed by atoms with Crippen molar-refractivity contribution in [2.45, 2.75) is 35.3 Å². The van der Waals surface area contributed by atoms with E-state index in [4.69, 9.17) is 9.88 Å². The van der Waals surface area contributed by atoms with Gasteiger partial charge in [0.15, 0.2) is 6.61 Å². The van der Waals surface area contributed by atoms with Crippen molar-refractivity contribution in [3.63, 3.8) is 0 Å². The highest BCUT2D eigenvalue weighted by molar-refractivity contribution is 8.16. The van der Waals surface area contributed by atoms with Crippen molar-refractivity contribution in [2.75, 3.05) is 23.0 Å². The third-order valence-corrected chi connectivity index (χ3v) is 9.36. The Hall–Kier alpha value is -2.01. The SMILES string of the molecule is C[C@H]1Cc2cc(S(N)(=O)=O)ccc2N1C(=O)COC(=O)c1ccc(C2SCCCS2)cc1. The van der Waals surface area contributed by atoms with Crippen LogP contribution in [0.2, 0.25) is 0 Å². The van der Waals surface area contributed by atoms with Crippen molar-refractivity contribution in [2.24, 2.45) is 5.14 Å². The molecule has 0 aromatic heterocycles. The second-order valence-corrected chi connectivity index (χ2v) is 12.1. The highest BCUT2D eigenvalue weighted by Crippen LogP contribution is 2.43. The molecule has 32 heavy (non-hydrogen) atoms. The van der Waals surface area contributed by atoms with Gasteiger partial charge in [-0.3, -0.25) is 4.79 Å². The summed E-state index contributed by atoms with van der Waals surface area (Å²) >= 11 is 3.82. The van der Waals surface area contributed by atoms with Crippen LogP contribution in [0.25, 0.3) is 0 Å². The molecule has 1 atom stereocenters. The van der Waals surface area contributed by atoms with E-state index in [-0.39, 0.29) is 16.8 Å². The van der Waals surface area contributed by atoms with Gasteiger partial charge in [0.2, 0.25) is 10.0 Å². The second kappa shape index (κ2) is 9.46. The summed E-state index contributed by atoms with van der Waals surface area (Å²) in [6.45, 7) is 1.46. The number of hydrogen-bond acceptors (Lipinski definition) is 7. The summed E-state index contributed by atoms with van der Waals surface area (Å²) in [6, 6.07) is 11.6. The molecule has 7 nitrogen and oxygen atoms in total. The molecule has 2 aliphatic heterocycles. The average molecular weight is 493 g/mol. The lowest BCUT2D eigenvalue weighted by atomic mass is 10.1. The number of amides is 1. The smallest absolute Gasteiger partial charge is 0.338 e. The molecule has 4 rings (SSSR count). The lowest BCUT2D eigenvalue weighted by Gasteiger charge is -2.22. The minimum atomic E-state index is -3.82. The molecule has 1 amide bonds. The monoisotopic (exact) mass is 492 g/mol. The first kappa shape index (κ1) is 23.2. The summed E-state index contributed by atoms with van der Waals surface area (Å²) in [5.74, 6) is 1.38. The van der Waals surface area contributed by atoms with Gasteiger partial charge in [0.1, 0.15) is 0 Å². The first-order valence-electron chi connectivity index (χ1n) is 10.2. The number of nitrogens with zero attached hydrogens (tertiary/aromatic N) is 1. The van der Waals surface area contributed by atoms with Crippen LogP contribution in [-0.2, 0) is 26.0 Å². The number of anilines is 1. The molecular formula is C22H24N2O5S3. The molecule has 170 valence electrons. The first-order valence-corrected chi connectivity index (χ1v) is 13.9. The van der Waals surface area contributed by atoms with Crippen molar-refractivity contribution in [1.82, 2.24) is 0 Å². The van der Waals surface area contributed by atoms with Crippen LogP contribution in [0.4, 0.5) is 5.69 Å². The lowest BCUT2D eigenvalue weighted by Crippen LogP contribution is -2.38. The van der Waals surface area contributed by atoms with Gasteiger partial charge in [0, 0.05) is 11.7 Å². The number of primary sulfonamides is 1. The van der Waals surface area contributed by atoms with Crippen molar-refractivity contribution in [3.8, 4) is 0 Å². The molecule has 0 saturated carbocycles. The molecule has 1 saturated heterocycles. The highest BCUT2D eigenvalue weighted by atomic mass is 32.2. The van der Waals surface area contributed by atoms with Crippen LogP contribution >= 0.6 is 23.5 Å². The molecule has 0 aliphatic carbocycles. The minimum absolute atomic E-state index is 0.0117. The van der Waals surface area contributed by atoms with Crippen molar-refractivity contribution >= 4 is 51.1 Å². The molecule has 10 heteroatoms. The van der Waals surface area contributed by atoms with Crippen molar-refractivity contribution in [1.29, 1.82) is 0 Å². The number of fused-ring (bicyclic) bond motifs is 1. The number of hydrogen-bond donors (Lipinski definition) is 1. The van der Waals surface area contributed by atoms with Gasteiger partial charge < -0.3 is 9.64 Å². The van der Waals surface area contributed by atoms with E-state index in [0.717, 1.165) is 17.1 Å². The zero-order chi connectivity index (χ0) is 22.9. The zero-order valence-corrected chi connectivity index (χ0v) is 20.0. The van der Waals surface area contributed by atoms with E-state index in [1.807, 2.05) is 42.6 Å². The fraction of sp³-hybridized carbons (Fsp3) is 0.364. The Morgan fingerprint density at radius 1 is 1.12 bits per heavy atom. The van der Waals surface area contributed by atoms with Gasteiger partial charge in [-0.15, -0.1) is 23.5 Å². The molecule has 2 aromatic rings. The number of rotatable bonds is 5. The number of benzene rings is 2. The van der Waals surface area contributed by atoms with Crippen LogP contribution in [0.3, 0.4) is 0 Å². The summed E-state index contributed by atoms with van der Waals surface area (Å²) in [7, 11) is -3.82. The molecule has 0 radical (unpaired) electrons. The van der Waals surface area contributed by atoms with E-state index in [1.165, 1.54) is 29.0 Å². The van der Waals surface area contributed by atoms with Gasteiger partial charge in [-0.05, 0) is 72.7 Å². The summed E-state index contributed by atoms with van der Waals surface area (Å²) in [6.07, 6.45) is 1.72. The molecule has 0 bridgehead atoms. The summed E-state index contributed by atoms with van der Waals surface area (Å²) in [4.78, 5) is 26.8. The second-order valence-electron chi connectivity index (χ2n) is 7.78. The van der Waals surface area contributed by atoms with Crippen LogP contribution in [0.15, 0.2) is 47.4 Å². The Balaban J connectivity index is 1.39. The van der Waals surface area contributed by atoms with E-state index in [1.54, 1.807) is 18.2 Å². The zero-order valence-electron chi connectivity index (χ0n) is 17.5. The predicted octanol–water partition coefficient (Wildman–Crippen LogP) is 3.34. The Labute approximate surface area is 196 Å². The molecule has 2 aliphatic rings. The topological polar surface area (TPSA) is 107 Å². The highest BCUT2D eigenvalue weighted by Gasteiger charge is 2.32. The van der Waals surface area contributed by atoms with Gasteiger partial charge in [0.05, 0.1) is 15.0 Å². The number of carbonyl (C=O) groups is 2. The van der Waals surface area contributed by atoms with E-state index in [0.29, 0.717) is 22.3 Å². The third-order valence-electron chi connectivity index (χ3n) is 5.44. The standard InChI is InChI=1S/C22H24N2O5S3/c1-14-11-17-12-18(32(23,27)28)7-8-19(17)24(14)20(25)13-29-21(26)15-3-5-16(6-4-15)22-30-9-2-10-31-22/h3-8,12,14,22H,2,9-11,13H2,1H3,(H2,23,27,28)/t14-/m0/s1. The molecule has 1 fully saturated rings. The first-order chi connectivity index (χ1) is 15.2. The third kappa shape index (κ3) is 4.98. The van der Waals surface area contributed by atoms with Gasteiger partial charge in [-0.25, -0.2) is 18.4 Å². The molecule has 2 heterocycles. The Bertz CT molecular complexity index is 1130. The Morgan fingerprint density at radius 3 is 2.47 bits per heavy atom. The summed E-state index contributed by atoms with van der Waals surface area (Å²) in [5, 5.41) is 5.20. The van der Waals surface area contributed by atoms with E-state index >= 15 is 0 Å².